The minimum atomic E-state index is -0.411. The van der Waals surface area contributed by atoms with Gasteiger partial charge in [0.05, 0.1) is 6.61 Å². The van der Waals surface area contributed by atoms with Crippen LogP contribution in [0, 0.1) is 6.92 Å². The molecule has 94 valence electrons. The number of benzene rings is 1. The number of carbonyl (C=O) groups is 1. The van der Waals surface area contributed by atoms with Gasteiger partial charge in [0.2, 0.25) is 0 Å². The van der Waals surface area contributed by atoms with E-state index in [1.54, 1.807) is 13.8 Å². The zero-order chi connectivity index (χ0) is 13.1. The van der Waals surface area contributed by atoms with Crippen molar-refractivity contribution in [2.45, 2.75) is 13.8 Å². The predicted octanol–water partition coefficient (Wildman–Crippen LogP) is 3.59. The highest BCUT2D eigenvalue weighted by Crippen LogP contribution is 2.27. The number of ether oxygens (including phenoxy) is 1. The lowest BCUT2D eigenvalue weighted by molar-refractivity contribution is 0.0525. The minimum absolute atomic E-state index is 0.321. The Hall–Kier alpha value is -1.62. The Balaban J connectivity index is 2.49. The first kappa shape index (κ1) is 12.8. The molecule has 4 nitrogen and oxygen atoms in total. The molecule has 0 unspecified atom stereocenters. The van der Waals surface area contributed by atoms with E-state index in [-0.39, 0.29) is 0 Å². The molecule has 2 aromatic rings. The number of nitrogens with zero attached hydrogens (tertiary/aromatic N) is 1. The van der Waals surface area contributed by atoms with Crippen LogP contribution in [0.5, 0.6) is 0 Å². The second kappa shape index (κ2) is 5.35. The topological polar surface area (TPSA) is 52.3 Å². The van der Waals surface area contributed by atoms with Crippen molar-refractivity contribution in [2.75, 3.05) is 6.61 Å². The third-order valence-corrected chi connectivity index (χ3v) is 2.93. The van der Waals surface area contributed by atoms with E-state index in [0.29, 0.717) is 23.6 Å². The van der Waals surface area contributed by atoms with Crippen molar-refractivity contribution in [3.63, 3.8) is 0 Å². The van der Waals surface area contributed by atoms with Gasteiger partial charge in [-0.25, -0.2) is 4.79 Å². The van der Waals surface area contributed by atoms with E-state index >= 15 is 0 Å². The van der Waals surface area contributed by atoms with Gasteiger partial charge in [-0.05, 0) is 26.0 Å². The molecule has 0 atom stereocenters. The number of hydrogen-bond donors (Lipinski definition) is 0. The molecule has 0 radical (unpaired) electrons. The molecule has 0 amide bonds. The Bertz CT molecular complexity index is 577. The van der Waals surface area contributed by atoms with Gasteiger partial charge < -0.3 is 9.26 Å². The summed E-state index contributed by atoms with van der Waals surface area (Å²) < 4.78 is 11.0. The standard InChI is InChI=1S/C13H12BrNO3/c1-3-17-13(16)11-8(2)18-15-12(11)9-5-4-6-10(14)7-9/h4-7H,3H2,1-2H3. The SMILES string of the molecule is CCOC(=O)c1c(-c2cccc(Br)c2)noc1C. The summed E-state index contributed by atoms with van der Waals surface area (Å²) in [6.07, 6.45) is 0. The van der Waals surface area contributed by atoms with Crippen molar-refractivity contribution >= 4 is 21.9 Å². The largest absolute Gasteiger partial charge is 0.462 e. The maximum absolute atomic E-state index is 11.9. The Morgan fingerprint density at radius 3 is 2.94 bits per heavy atom. The fourth-order valence-electron chi connectivity index (χ4n) is 1.65. The number of halogens is 1. The lowest BCUT2D eigenvalue weighted by atomic mass is 10.1. The molecule has 0 N–H and O–H groups in total. The quantitative estimate of drug-likeness (QED) is 0.813. The number of aryl methyl sites for hydroxylation is 1. The highest BCUT2D eigenvalue weighted by molar-refractivity contribution is 9.10. The van der Waals surface area contributed by atoms with Crippen LogP contribution in [-0.4, -0.2) is 17.7 Å². The van der Waals surface area contributed by atoms with Gasteiger partial charge in [0.25, 0.3) is 0 Å². The van der Waals surface area contributed by atoms with E-state index < -0.39 is 5.97 Å². The van der Waals surface area contributed by atoms with Crippen molar-refractivity contribution in [1.82, 2.24) is 5.16 Å². The maximum Gasteiger partial charge on any atom is 0.344 e. The average Bonchev–Trinajstić information content (AvgIpc) is 2.71. The van der Waals surface area contributed by atoms with Crippen LogP contribution < -0.4 is 0 Å². The second-order valence-electron chi connectivity index (χ2n) is 3.69. The van der Waals surface area contributed by atoms with Crippen molar-refractivity contribution in [2.24, 2.45) is 0 Å². The third-order valence-electron chi connectivity index (χ3n) is 2.44. The molecule has 1 heterocycles. The normalized spacial score (nSPS) is 10.4. The molecular formula is C13H12BrNO3. The number of esters is 1. The van der Waals surface area contributed by atoms with Crippen LogP contribution >= 0.6 is 15.9 Å². The first-order valence-corrected chi connectivity index (χ1v) is 6.32. The van der Waals surface area contributed by atoms with Gasteiger partial charge in [-0.1, -0.05) is 33.2 Å². The van der Waals surface area contributed by atoms with Gasteiger partial charge in [0.1, 0.15) is 17.0 Å². The number of aromatic nitrogens is 1. The van der Waals surface area contributed by atoms with E-state index in [0.717, 1.165) is 10.0 Å². The van der Waals surface area contributed by atoms with Gasteiger partial charge in [-0.2, -0.15) is 0 Å². The van der Waals surface area contributed by atoms with Crippen LogP contribution in [-0.2, 0) is 4.74 Å². The average molecular weight is 310 g/mol. The molecule has 0 fully saturated rings. The van der Waals surface area contributed by atoms with Gasteiger partial charge in [0.15, 0.2) is 0 Å². The second-order valence-corrected chi connectivity index (χ2v) is 4.61. The molecule has 0 bridgehead atoms. The van der Waals surface area contributed by atoms with E-state index in [1.165, 1.54) is 0 Å². The summed E-state index contributed by atoms with van der Waals surface area (Å²) in [5, 5.41) is 3.93. The summed E-state index contributed by atoms with van der Waals surface area (Å²) >= 11 is 3.38. The molecule has 0 aliphatic carbocycles. The molecule has 0 aliphatic heterocycles. The molecule has 0 saturated carbocycles. The summed E-state index contributed by atoms with van der Waals surface area (Å²) in [7, 11) is 0. The molecular weight excluding hydrogens is 298 g/mol. The van der Waals surface area contributed by atoms with Crippen LogP contribution in [0.15, 0.2) is 33.3 Å². The third kappa shape index (κ3) is 2.46. The van der Waals surface area contributed by atoms with Crippen molar-refractivity contribution < 1.29 is 14.1 Å². The fourth-order valence-corrected chi connectivity index (χ4v) is 2.05. The number of hydrogen-bond acceptors (Lipinski definition) is 4. The first-order chi connectivity index (χ1) is 8.63. The molecule has 2 rings (SSSR count). The van der Waals surface area contributed by atoms with Crippen molar-refractivity contribution in [3.05, 3.63) is 40.1 Å². The van der Waals surface area contributed by atoms with Crippen LogP contribution in [0.1, 0.15) is 23.0 Å². The van der Waals surface area contributed by atoms with E-state index in [4.69, 9.17) is 9.26 Å². The molecule has 0 aliphatic rings. The molecule has 1 aromatic carbocycles. The summed E-state index contributed by atoms with van der Waals surface area (Å²) in [6, 6.07) is 7.52. The van der Waals surface area contributed by atoms with Crippen LogP contribution in [0.2, 0.25) is 0 Å². The Kier molecular flexibility index (Phi) is 3.81. The van der Waals surface area contributed by atoms with E-state index in [9.17, 15) is 4.79 Å². The monoisotopic (exact) mass is 309 g/mol. The minimum Gasteiger partial charge on any atom is -0.462 e. The zero-order valence-corrected chi connectivity index (χ0v) is 11.7. The zero-order valence-electron chi connectivity index (χ0n) is 10.1. The lowest BCUT2D eigenvalue weighted by Gasteiger charge is -2.03. The Morgan fingerprint density at radius 1 is 1.50 bits per heavy atom. The first-order valence-electron chi connectivity index (χ1n) is 5.52. The van der Waals surface area contributed by atoms with E-state index in [1.807, 2.05) is 24.3 Å². The highest BCUT2D eigenvalue weighted by Gasteiger charge is 2.22. The Labute approximate surface area is 113 Å². The smallest absolute Gasteiger partial charge is 0.344 e. The van der Waals surface area contributed by atoms with E-state index in [2.05, 4.69) is 21.1 Å². The Morgan fingerprint density at radius 2 is 2.28 bits per heavy atom. The fraction of sp³-hybridized carbons (Fsp3) is 0.231. The van der Waals surface area contributed by atoms with Gasteiger partial charge in [-0.3, -0.25) is 0 Å². The van der Waals surface area contributed by atoms with Gasteiger partial charge in [-0.15, -0.1) is 0 Å². The lowest BCUT2D eigenvalue weighted by Crippen LogP contribution is -2.06. The van der Waals surface area contributed by atoms with Crippen LogP contribution in [0.4, 0.5) is 0 Å². The van der Waals surface area contributed by atoms with Crippen molar-refractivity contribution in [1.29, 1.82) is 0 Å². The number of rotatable bonds is 3. The highest BCUT2D eigenvalue weighted by atomic mass is 79.9. The molecule has 0 saturated heterocycles. The number of carbonyl (C=O) groups excluding carboxylic acids is 1. The summed E-state index contributed by atoms with van der Waals surface area (Å²) in [6.45, 7) is 3.78. The van der Waals surface area contributed by atoms with Gasteiger partial charge in [0, 0.05) is 10.0 Å². The van der Waals surface area contributed by atoms with Crippen molar-refractivity contribution in [3.8, 4) is 11.3 Å². The molecule has 18 heavy (non-hydrogen) atoms. The molecule has 5 heteroatoms. The van der Waals surface area contributed by atoms with Gasteiger partial charge >= 0.3 is 5.97 Å². The van der Waals surface area contributed by atoms with Crippen LogP contribution in [0.25, 0.3) is 11.3 Å². The summed E-state index contributed by atoms with van der Waals surface area (Å²) in [4.78, 5) is 11.9. The molecule has 0 spiro atoms. The molecule has 1 aromatic heterocycles. The van der Waals surface area contributed by atoms with Crippen LogP contribution in [0.3, 0.4) is 0 Å². The summed E-state index contributed by atoms with van der Waals surface area (Å²) in [5.74, 6) is 0.0506. The summed E-state index contributed by atoms with van der Waals surface area (Å²) in [5.41, 5.74) is 1.70. The predicted molar refractivity (Wildman–Crippen MR) is 70.3 cm³/mol. The maximum atomic E-state index is 11.9.